The Bertz CT molecular complexity index is 555. The lowest BCUT2D eigenvalue weighted by Crippen LogP contribution is -2.09. The van der Waals surface area contributed by atoms with Gasteiger partial charge in [0.1, 0.15) is 11.6 Å². The van der Waals surface area contributed by atoms with Gasteiger partial charge in [-0.1, -0.05) is 13.0 Å². The lowest BCUT2D eigenvalue weighted by molar-refractivity contribution is 0.416. The van der Waals surface area contributed by atoms with Gasteiger partial charge in [-0.25, -0.2) is 9.97 Å². The number of methoxy groups -OCH3 is 1. The predicted molar refractivity (Wildman–Crippen MR) is 76.2 cm³/mol. The van der Waals surface area contributed by atoms with Gasteiger partial charge in [0, 0.05) is 11.8 Å². The summed E-state index contributed by atoms with van der Waals surface area (Å²) in [5.74, 6) is 1.62. The van der Waals surface area contributed by atoms with E-state index >= 15 is 0 Å². The second-order valence-electron chi connectivity index (χ2n) is 4.28. The molecule has 0 saturated carbocycles. The molecule has 100 valence electrons. The number of nitrogens with one attached hydrogen (secondary N) is 1. The summed E-state index contributed by atoms with van der Waals surface area (Å²) in [6, 6.07) is 8.12. The standard InChI is InChI=1S/C15H19N3O/c1-4-11-5-6-14(19-3)12(9-11)13-7-8-17-15(18-13)10-16-2/h5-9,16H,4,10H2,1-3H3. The zero-order chi connectivity index (χ0) is 13.7. The highest BCUT2D eigenvalue weighted by atomic mass is 16.5. The van der Waals surface area contributed by atoms with Gasteiger partial charge in [0.2, 0.25) is 0 Å². The van der Waals surface area contributed by atoms with Crippen LogP contribution in [0.1, 0.15) is 18.3 Å². The van der Waals surface area contributed by atoms with Crippen LogP contribution in [0.2, 0.25) is 0 Å². The lowest BCUT2D eigenvalue weighted by atomic mass is 10.0. The Morgan fingerprint density at radius 2 is 2.11 bits per heavy atom. The topological polar surface area (TPSA) is 47.0 Å². The number of hydrogen-bond acceptors (Lipinski definition) is 4. The average Bonchev–Trinajstić information content (AvgIpc) is 2.47. The van der Waals surface area contributed by atoms with Gasteiger partial charge in [0.15, 0.2) is 0 Å². The summed E-state index contributed by atoms with van der Waals surface area (Å²) in [5, 5.41) is 3.06. The van der Waals surface area contributed by atoms with Crippen LogP contribution >= 0.6 is 0 Å². The SMILES string of the molecule is CCc1ccc(OC)c(-c2ccnc(CNC)n2)c1. The second-order valence-corrected chi connectivity index (χ2v) is 4.28. The maximum Gasteiger partial charge on any atom is 0.142 e. The fraction of sp³-hybridized carbons (Fsp3) is 0.333. The highest BCUT2D eigenvalue weighted by molar-refractivity contribution is 5.67. The summed E-state index contributed by atoms with van der Waals surface area (Å²) < 4.78 is 5.42. The molecule has 0 fully saturated rings. The van der Waals surface area contributed by atoms with Crippen molar-refractivity contribution in [3.05, 3.63) is 41.9 Å². The Morgan fingerprint density at radius 1 is 1.26 bits per heavy atom. The van der Waals surface area contributed by atoms with Crippen molar-refractivity contribution < 1.29 is 4.74 Å². The van der Waals surface area contributed by atoms with Gasteiger partial charge in [-0.2, -0.15) is 0 Å². The Labute approximate surface area is 113 Å². The molecule has 0 bridgehead atoms. The number of rotatable bonds is 5. The number of aromatic nitrogens is 2. The van der Waals surface area contributed by atoms with Crippen molar-refractivity contribution in [2.24, 2.45) is 0 Å². The lowest BCUT2D eigenvalue weighted by Gasteiger charge is -2.10. The van der Waals surface area contributed by atoms with Crippen LogP contribution in [-0.2, 0) is 13.0 Å². The number of nitrogens with zero attached hydrogens (tertiary/aromatic N) is 2. The fourth-order valence-corrected chi connectivity index (χ4v) is 1.97. The number of aryl methyl sites for hydroxylation is 1. The number of benzene rings is 1. The van der Waals surface area contributed by atoms with Gasteiger partial charge in [0.25, 0.3) is 0 Å². The number of ether oxygens (including phenoxy) is 1. The zero-order valence-corrected chi connectivity index (χ0v) is 11.6. The van der Waals surface area contributed by atoms with Crippen LogP contribution in [-0.4, -0.2) is 24.1 Å². The van der Waals surface area contributed by atoms with Gasteiger partial charge < -0.3 is 10.1 Å². The smallest absolute Gasteiger partial charge is 0.142 e. The summed E-state index contributed by atoms with van der Waals surface area (Å²) in [5.41, 5.74) is 3.18. The first-order valence-corrected chi connectivity index (χ1v) is 6.42. The Kier molecular flexibility index (Phi) is 4.47. The maximum absolute atomic E-state index is 5.42. The first-order chi connectivity index (χ1) is 9.28. The molecule has 0 aliphatic rings. The number of hydrogen-bond donors (Lipinski definition) is 1. The van der Waals surface area contributed by atoms with E-state index in [0.29, 0.717) is 6.54 Å². The molecule has 0 unspecified atom stereocenters. The molecule has 4 nitrogen and oxygen atoms in total. The largest absolute Gasteiger partial charge is 0.496 e. The molecule has 19 heavy (non-hydrogen) atoms. The molecule has 0 spiro atoms. The summed E-state index contributed by atoms with van der Waals surface area (Å²) in [4.78, 5) is 8.80. The van der Waals surface area contributed by atoms with Crippen LogP contribution in [0.15, 0.2) is 30.5 Å². The molecule has 4 heteroatoms. The minimum absolute atomic E-state index is 0.656. The van der Waals surface area contributed by atoms with Crippen molar-refractivity contribution in [3.63, 3.8) is 0 Å². The van der Waals surface area contributed by atoms with Crippen molar-refractivity contribution in [3.8, 4) is 17.0 Å². The van der Waals surface area contributed by atoms with Crippen molar-refractivity contribution >= 4 is 0 Å². The highest BCUT2D eigenvalue weighted by Gasteiger charge is 2.09. The van der Waals surface area contributed by atoms with Crippen molar-refractivity contribution in [1.82, 2.24) is 15.3 Å². The third-order valence-electron chi connectivity index (χ3n) is 2.99. The first kappa shape index (κ1) is 13.5. The molecule has 0 atom stereocenters. The van der Waals surface area contributed by atoms with Gasteiger partial charge in [-0.3, -0.25) is 0 Å². The quantitative estimate of drug-likeness (QED) is 0.893. The minimum Gasteiger partial charge on any atom is -0.496 e. The van der Waals surface area contributed by atoms with Crippen molar-refractivity contribution in [1.29, 1.82) is 0 Å². The van der Waals surface area contributed by atoms with E-state index in [1.165, 1.54) is 5.56 Å². The van der Waals surface area contributed by atoms with Crippen LogP contribution in [0.25, 0.3) is 11.3 Å². The molecular formula is C15H19N3O. The van der Waals surface area contributed by atoms with Gasteiger partial charge >= 0.3 is 0 Å². The molecule has 2 aromatic rings. The molecular weight excluding hydrogens is 238 g/mol. The molecule has 0 aliphatic carbocycles. The van der Waals surface area contributed by atoms with Crippen LogP contribution in [0.5, 0.6) is 5.75 Å². The molecule has 0 saturated heterocycles. The van der Waals surface area contributed by atoms with E-state index in [4.69, 9.17) is 4.74 Å². The van der Waals surface area contributed by atoms with Crippen molar-refractivity contribution in [2.45, 2.75) is 19.9 Å². The summed E-state index contributed by atoms with van der Waals surface area (Å²) in [6.45, 7) is 2.79. The van der Waals surface area contributed by atoms with Gasteiger partial charge in [-0.15, -0.1) is 0 Å². The molecule has 1 aromatic carbocycles. The van der Waals surface area contributed by atoms with E-state index in [9.17, 15) is 0 Å². The molecule has 2 rings (SSSR count). The Balaban J connectivity index is 2.47. The molecule has 1 heterocycles. The first-order valence-electron chi connectivity index (χ1n) is 6.42. The van der Waals surface area contributed by atoms with Crippen LogP contribution in [0.4, 0.5) is 0 Å². The Morgan fingerprint density at radius 3 is 2.79 bits per heavy atom. The highest BCUT2D eigenvalue weighted by Crippen LogP contribution is 2.29. The summed E-state index contributed by atoms with van der Waals surface area (Å²) in [6.07, 6.45) is 2.78. The minimum atomic E-state index is 0.656. The third kappa shape index (κ3) is 3.09. The van der Waals surface area contributed by atoms with Crippen LogP contribution in [0.3, 0.4) is 0 Å². The van der Waals surface area contributed by atoms with E-state index in [-0.39, 0.29) is 0 Å². The fourth-order valence-electron chi connectivity index (χ4n) is 1.97. The normalized spacial score (nSPS) is 10.5. The van der Waals surface area contributed by atoms with E-state index in [2.05, 4.69) is 34.3 Å². The third-order valence-corrected chi connectivity index (χ3v) is 2.99. The van der Waals surface area contributed by atoms with Gasteiger partial charge in [0.05, 0.1) is 19.3 Å². The van der Waals surface area contributed by atoms with Crippen LogP contribution in [0, 0.1) is 0 Å². The second kappa shape index (κ2) is 6.29. The van der Waals surface area contributed by atoms with E-state index in [1.54, 1.807) is 13.3 Å². The monoisotopic (exact) mass is 257 g/mol. The molecule has 1 N–H and O–H groups in total. The van der Waals surface area contributed by atoms with E-state index in [1.807, 2.05) is 19.2 Å². The van der Waals surface area contributed by atoms with E-state index < -0.39 is 0 Å². The average molecular weight is 257 g/mol. The van der Waals surface area contributed by atoms with E-state index in [0.717, 1.165) is 29.3 Å². The maximum atomic E-state index is 5.42. The Hall–Kier alpha value is -1.94. The van der Waals surface area contributed by atoms with Gasteiger partial charge in [-0.05, 0) is 37.2 Å². The molecule has 1 aromatic heterocycles. The zero-order valence-electron chi connectivity index (χ0n) is 11.6. The molecule has 0 aliphatic heterocycles. The predicted octanol–water partition coefficient (Wildman–Crippen LogP) is 2.43. The van der Waals surface area contributed by atoms with Crippen molar-refractivity contribution in [2.75, 3.05) is 14.2 Å². The molecule has 0 amide bonds. The molecule has 0 radical (unpaired) electrons. The van der Waals surface area contributed by atoms with Crippen LogP contribution < -0.4 is 10.1 Å². The summed E-state index contributed by atoms with van der Waals surface area (Å²) >= 11 is 0. The summed E-state index contributed by atoms with van der Waals surface area (Å²) in [7, 11) is 3.56.